The first kappa shape index (κ1) is 17.6. The van der Waals surface area contributed by atoms with Gasteiger partial charge in [-0.25, -0.2) is 8.42 Å². The molecule has 0 saturated heterocycles. The largest absolute Gasteiger partial charge is 0.493 e. The minimum absolute atomic E-state index is 0.293. The second-order valence-corrected chi connectivity index (χ2v) is 7.72. The van der Waals surface area contributed by atoms with Crippen LogP contribution in [0.4, 0.5) is 5.69 Å². The fourth-order valence-corrected chi connectivity index (χ4v) is 4.20. The summed E-state index contributed by atoms with van der Waals surface area (Å²) in [6.45, 7) is 2.39. The van der Waals surface area contributed by atoms with Crippen LogP contribution in [0.2, 0.25) is 0 Å². The van der Waals surface area contributed by atoms with Crippen LogP contribution in [-0.4, -0.2) is 22.1 Å². The molecule has 0 heterocycles. The number of hydrogen-bond acceptors (Lipinski definition) is 4. The average Bonchev–Trinajstić information content (AvgIpc) is 2.62. The van der Waals surface area contributed by atoms with E-state index in [1.807, 2.05) is 13.0 Å². The SMILES string of the molecule is CCOc1ccc(NS(=O)(=O)c2ccc3c(c2)CCCC3)cc1OC. The van der Waals surface area contributed by atoms with E-state index in [1.165, 1.54) is 19.1 Å². The molecule has 0 saturated carbocycles. The van der Waals surface area contributed by atoms with E-state index in [2.05, 4.69) is 4.72 Å². The van der Waals surface area contributed by atoms with Crippen LogP contribution in [0.1, 0.15) is 30.9 Å². The number of nitrogens with one attached hydrogen (secondary N) is 1. The minimum Gasteiger partial charge on any atom is -0.493 e. The van der Waals surface area contributed by atoms with Crippen LogP contribution in [-0.2, 0) is 22.9 Å². The standard InChI is InChI=1S/C19H23NO4S/c1-3-24-18-11-9-16(13-19(18)23-2)20-25(21,22)17-10-8-14-6-4-5-7-15(14)12-17/h8-13,20H,3-7H2,1-2H3. The highest BCUT2D eigenvalue weighted by Gasteiger charge is 2.18. The van der Waals surface area contributed by atoms with Crippen molar-refractivity contribution in [3.8, 4) is 11.5 Å². The van der Waals surface area contributed by atoms with Gasteiger partial charge in [0.25, 0.3) is 10.0 Å². The number of anilines is 1. The van der Waals surface area contributed by atoms with Crippen LogP contribution in [0, 0.1) is 0 Å². The number of sulfonamides is 1. The molecule has 2 aromatic rings. The van der Waals surface area contributed by atoms with E-state index < -0.39 is 10.0 Å². The van der Waals surface area contributed by atoms with Crippen LogP contribution in [0.3, 0.4) is 0 Å². The van der Waals surface area contributed by atoms with Gasteiger partial charge in [-0.2, -0.15) is 0 Å². The molecule has 1 N–H and O–H groups in total. The van der Waals surface area contributed by atoms with Gasteiger partial charge in [-0.05, 0) is 68.0 Å². The van der Waals surface area contributed by atoms with Crippen molar-refractivity contribution < 1.29 is 17.9 Å². The molecule has 25 heavy (non-hydrogen) atoms. The highest BCUT2D eigenvalue weighted by molar-refractivity contribution is 7.92. The molecule has 0 unspecified atom stereocenters. The van der Waals surface area contributed by atoms with Crippen molar-refractivity contribution in [2.75, 3.05) is 18.4 Å². The zero-order valence-electron chi connectivity index (χ0n) is 14.5. The highest BCUT2D eigenvalue weighted by Crippen LogP contribution is 2.31. The third-order valence-corrected chi connectivity index (χ3v) is 5.72. The van der Waals surface area contributed by atoms with Gasteiger partial charge in [0.1, 0.15) is 0 Å². The summed E-state index contributed by atoms with van der Waals surface area (Å²) < 4.78 is 38.8. The van der Waals surface area contributed by atoms with Gasteiger partial charge < -0.3 is 9.47 Å². The number of rotatable bonds is 6. The molecule has 134 valence electrons. The van der Waals surface area contributed by atoms with Crippen molar-refractivity contribution in [2.24, 2.45) is 0 Å². The molecule has 5 nitrogen and oxygen atoms in total. The fourth-order valence-electron chi connectivity index (χ4n) is 3.10. The lowest BCUT2D eigenvalue weighted by molar-refractivity contribution is 0.311. The maximum absolute atomic E-state index is 12.7. The first-order valence-corrected chi connectivity index (χ1v) is 9.97. The van der Waals surface area contributed by atoms with Crippen LogP contribution >= 0.6 is 0 Å². The monoisotopic (exact) mass is 361 g/mol. The second kappa shape index (κ2) is 7.35. The van der Waals surface area contributed by atoms with Crippen molar-refractivity contribution in [3.05, 3.63) is 47.5 Å². The molecule has 0 bridgehead atoms. The first-order valence-electron chi connectivity index (χ1n) is 8.49. The lowest BCUT2D eigenvalue weighted by Crippen LogP contribution is -2.14. The summed E-state index contributed by atoms with van der Waals surface area (Å²) in [5.74, 6) is 1.08. The molecule has 1 aliphatic carbocycles. The molecule has 0 spiro atoms. The van der Waals surface area contributed by atoms with Crippen molar-refractivity contribution in [3.63, 3.8) is 0 Å². The van der Waals surface area contributed by atoms with E-state index in [9.17, 15) is 8.42 Å². The van der Waals surface area contributed by atoms with E-state index >= 15 is 0 Å². The predicted octanol–water partition coefficient (Wildman–Crippen LogP) is 3.77. The van der Waals surface area contributed by atoms with Crippen molar-refractivity contribution in [2.45, 2.75) is 37.5 Å². The van der Waals surface area contributed by atoms with Gasteiger partial charge in [0.05, 0.1) is 24.3 Å². The second-order valence-electron chi connectivity index (χ2n) is 6.04. The summed E-state index contributed by atoms with van der Waals surface area (Å²) in [6, 6.07) is 10.4. The van der Waals surface area contributed by atoms with Crippen LogP contribution < -0.4 is 14.2 Å². The summed E-state index contributed by atoms with van der Waals surface area (Å²) in [4.78, 5) is 0.293. The summed E-state index contributed by atoms with van der Waals surface area (Å²) in [7, 11) is -2.12. The first-order chi connectivity index (χ1) is 12.0. The molecule has 1 aliphatic rings. The smallest absolute Gasteiger partial charge is 0.261 e. The zero-order valence-corrected chi connectivity index (χ0v) is 15.4. The molecule has 0 fully saturated rings. The van der Waals surface area contributed by atoms with E-state index in [0.29, 0.717) is 28.7 Å². The Morgan fingerprint density at radius 1 is 1.00 bits per heavy atom. The zero-order chi connectivity index (χ0) is 17.9. The van der Waals surface area contributed by atoms with Gasteiger partial charge in [-0.1, -0.05) is 6.07 Å². The Morgan fingerprint density at radius 3 is 2.48 bits per heavy atom. The maximum Gasteiger partial charge on any atom is 0.261 e. The van der Waals surface area contributed by atoms with Gasteiger partial charge in [-0.3, -0.25) is 4.72 Å². The number of hydrogen-bond donors (Lipinski definition) is 1. The summed E-state index contributed by atoms with van der Waals surface area (Å²) >= 11 is 0. The minimum atomic E-state index is -3.64. The Morgan fingerprint density at radius 2 is 1.76 bits per heavy atom. The van der Waals surface area contributed by atoms with Crippen molar-refractivity contribution in [1.29, 1.82) is 0 Å². The Labute approximate surface area is 149 Å². The van der Waals surface area contributed by atoms with E-state index in [1.54, 1.807) is 30.3 Å². The number of methoxy groups -OCH3 is 1. The Hall–Kier alpha value is -2.21. The molecule has 2 aromatic carbocycles. The van der Waals surface area contributed by atoms with Gasteiger partial charge >= 0.3 is 0 Å². The van der Waals surface area contributed by atoms with Crippen molar-refractivity contribution in [1.82, 2.24) is 0 Å². The number of fused-ring (bicyclic) bond motifs is 1. The predicted molar refractivity (Wildman–Crippen MR) is 98.1 cm³/mol. The molecule has 3 rings (SSSR count). The lowest BCUT2D eigenvalue weighted by Gasteiger charge is -2.17. The summed E-state index contributed by atoms with van der Waals surface area (Å²) in [5, 5.41) is 0. The van der Waals surface area contributed by atoms with Gasteiger partial charge in [0, 0.05) is 6.07 Å². The Bertz CT molecular complexity index is 862. The normalized spacial score (nSPS) is 13.8. The number of benzene rings is 2. The van der Waals surface area contributed by atoms with E-state index in [0.717, 1.165) is 24.8 Å². The molecular weight excluding hydrogens is 338 g/mol. The van der Waals surface area contributed by atoms with Gasteiger partial charge in [0.2, 0.25) is 0 Å². The topological polar surface area (TPSA) is 64.6 Å². The van der Waals surface area contributed by atoms with Crippen LogP contribution in [0.25, 0.3) is 0 Å². The molecule has 0 amide bonds. The molecule has 0 radical (unpaired) electrons. The summed E-state index contributed by atoms with van der Waals surface area (Å²) in [6.07, 6.45) is 4.25. The average molecular weight is 361 g/mol. The molecule has 0 aromatic heterocycles. The molecule has 0 aliphatic heterocycles. The highest BCUT2D eigenvalue weighted by atomic mass is 32.2. The van der Waals surface area contributed by atoms with Crippen LogP contribution in [0.5, 0.6) is 11.5 Å². The molecular formula is C19H23NO4S. The summed E-state index contributed by atoms with van der Waals surface area (Å²) in [5.41, 5.74) is 2.84. The third-order valence-electron chi connectivity index (χ3n) is 4.35. The van der Waals surface area contributed by atoms with E-state index in [4.69, 9.17) is 9.47 Å². The third kappa shape index (κ3) is 3.90. The lowest BCUT2D eigenvalue weighted by atomic mass is 9.92. The number of ether oxygens (including phenoxy) is 2. The van der Waals surface area contributed by atoms with Crippen LogP contribution in [0.15, 0.2) is 41.3 Å². The Balaban J connectivity index is 1.86. The van der Waals surface area contributed by atoms with Crippen molar-refractivity contribution >= 4 is 15.7 Å². The maximum atomic E-state index is 12.7. The number of aryl methyl sites for hydroxylation is 2. The molecule has 6 heteroatoms. The van der Waals surface area contributed by atoms with Gasteiger partial charge in [0.15, 0.2) is 11.5 Å². The van der Waals surface area contributed by atoms with Gasteiger partial charge in [-0.15, -0.1) is 0 Å². The quantitative estimate of drug-likeness (QED) is 0.850. The fraction of sp³-hybridized carbons (Fsp3) is 0.368. The van der Waals surface area contributed by atoms with E-state index in [-0.39, 0.29) is 0 Å². The molecule has 0 atom stereocenters. The Kier molecular flexibility index (Phi) is 5.18.